The predicted octanol–water partition coefficient (Wildman–Crippen LogP) is 2.39. The van der Waals surface area contributed by atoms with Crippen LogP contribution in [-0.2, 0) is 17.6 Å². The van der Waals surface area contributed by atoms with Gasteiger partial charge < -0.3 is 4.90 Å². The molecule has 0 aliphatic carbocycles. The Morgan fingerprint density at radius 3 is 2.89 bits per heavy atom. The first-order chi connectivity index (χ1) is 8.75. The number of hydrogen-bond donors (Lipinski definition) is 0. The maximum absolute atomic E-state index is 11.9. The van der Waals surface area contributed by atoms with Crippen LogP contribution >= 0.6 is 11.3 Å². The van der Waals surface area contributed by atoms with E-state index < -0.39 is 0 Å². The molecule has 0 bridgehead atoms. The molecule has 0 saturated carbocycles. The maximum atomic E-state index is 11.9. The number of carbonyl (C=O) groups is 1. The van der Waals surface area contributed by atoms with E-state index in [1.54, 1.807) is 22.4 Å². The molecule has 0 spiro atoms. The van der Waals surface area contributed by atoms with Crippen LogP contribution in [0.25, 0.3) is 0 Å². The van der Waals surface area contributed by atoms with Gasteiger partial charge in [0.2, 0.25) is 5.91 Å². The van der Waals surface area contributed by atoms with E-state index in [4.69, 9.17) is 0 Å². The fourth-order valence-corrected chi connectivity index (χ4v) is 2.35. The van der Waals surface area contributed by atoms with Crippen molar-refractivity contribution in [2.45, 2.75) is 12.8 Å². The van der Waals surface area contributed by atoms with Crippen LogP contribution in [-0.4, -0.2) is 29.4 Å². The third-order valence-electron chi connectivity index (χ3n) is 2.76. The van der Waals surface area contributed by atoms with Crippen LogP contribution in [0, 0.1) is 0 Å². The van der Waals surface area contributed by atoms with Gasteiger partial charge in [-0.25, -0.2) is 0 Å². The normalized spacial score (nSPS) is 10.3. The molecule has 94 valence electrons. The number of carbonyl (C=O) groups excluding carboxylic acids is 1. The van der Waals surface area contributed by atoms with Crippen molar-refractivity contribution in [1.82, 2.24) is 9.88 Å². The van der Waals surface area contributed by atoms with Crippen LogP contribution in [0.1, 0.15) is 10.6 Å². The predicted molar refractivity (Wildman–Crippen MR) is 73.6 cm³/mol. The smallest absolute Gasteiger partial charge is 0.227 e. The van der Waals surface area contributed by atoms with Gasteiger partial charge in [-0.1, -0.05) is 12.1 Å². The van der Waals surface area contributed by atoms with Crippen molar-refractivity contribution in [3.8, 4) is 0 Å². The van der Waals surface area contributed by atoms with E-state index in [9.17, 15) is 4.79 Å². The number of thiophene rings is 1. The molecule has 0 radical (unpaired) electrons. The molecule has 2 aromatic rings. The van der Waals surface area contributed by atoms with Crippen LogP contribution < -0.4 is 0 Å². The van der Waals surface area contributed by atoms with Gasteiger partial charge in [-0.05, 0) is 23.6 Å². The van der Waals surface area contributed by atoms with Crippen molar-refractivity contribution in [3.05, 3.63) is 52.5 Å². The van der Waals surface area contributed by atoms with Crippen molar-refractivity contribution in [2.24, 2.45) is 0 Å². The molecule has 0 atom stereocenters. The molecule has 3 nitrogen and oxygen atoms in total. The Kier molecular flexibility index (Phi) is 4.47. The quantitative estimate of drug-likeness (QED) is 0.827. The summed E-state index contributed by atoms with van der Waals surface area (Å²) in [5.74, 6) is 0.161. The summed E-state index contributed by atoms with van der Waals surface area (Å²) in [5.41, 5.74) is 1.02. The lowest BCUT2D eigenvalue weighted by Gasteiger charge is -2.16. The van der Waals surface area contributed by atoms with Crippen molar-refractivity contribution in [3.63, 3.8) is 0 Å². The number of hydrogen-bond acceptors (Lipinski definition) is 3. The summed E-state index contributed by atoms with van der Waals surface area (Å²) in [6, 6.07) is 9.82. The van der Waals surface area contributed by atoms with Crippen LogP contribution in [0.15, 0.2) is 41.9 Å². The van der Waals surface area contributed by atoms with Crippen molar-refractivity contribution in [2.75, 3.05) is 13.6 Å². The standard InChI is InChI=1S/C14H16N2OS/c1-16(9-7-12-5-2-3-8-15-12)14(17)11-13-6-4-10-18-13/h2-6,8,10H,7,9,11H2,1H3. The van der Waals surface area contributed by atoms with E-state index in [1.807, 2.05) is 42.8 Å². The first-order valence-corrected chi connectivity index (χ1v) is 6.80. The van der Waals surface area contributed by atoms with Crippen LogP contribution in [0.2, 0.25) is 0 Å². The highest BCUT2D eigenvalue weighted by Gasteiger charge is 2.10. The van der Waals surface area contributed by atoms with Gasteiger partial charge in [0.25, 0.3) is 0 Å². The lowest BCUT2D eigenvalue weighted by atomic mass is 10.2. The van der Waals surface area contributed by atoms with Crippen LogP contribution in [0.3, 0.4) is 0 Å². The minimum atomic E-state index is 0.161. The molecule has 2 aromatic heterocycles. The second-order valence-electron chi connectivity index (χ2n) is 4.14. The van der Waals surface area contributed by atoms with Crippen LogP contribution in [0.4, 0.5) is 0 Å². The third-order valence-corrected chi connectivity index (χ3v) is 3.64. The fourth-order valence-electron chi connectivity index (χ4n) is 1.65. The Labute approximate surface area is 111 Å². The van der Waals surface area contributed by atoms with E-state index in [0.29, 0.717) is 13.0 Å². The van der Waals surface area contributed by atoms with Gasteiger partial charge in [0.1, 0.15) is 0 Å². The third kappa shape index (κ3) is 3.67. The monoisotopic (exact) mass is 260 g/mol. The number of nitrogens with zero attached hydrogens (tertiary/aromatic N) is 2. The molecule has 0 fully saturated rings. The minimum Gasteiger partial charge on any atom is -0.345 e. The van der Waals surface area contributed by atoms with Gasteiger partial charge >= 0.3 is 0 Å². The first-order valence-electron chi connectivity index (χ1n) is 5.92. The highest BCUT2D eigenvalue weighted by atomic mass is 32.1. The molecule has 2 rings (SSSR count). The number of rotatable bonds is 5. The summed E-state index contributed by atoms with van der Waals surface area (Å²) in [6.07, 6.45) is 3.08. The van der Waals surface area contributed by atoms with Gasteiger partial charge in [-0.3, -0.25) is 9.78 Å². The van der Waals surface area contributed by atoms with Crippen molar-refractivity contribution >= 4 is 17.2 Å². The molecule has 0 aliphatic rings. The summed E-state index contributed by atoms with van der Waals surface area (Å²) in [7, 11) is 1.85. The summed E-state index contributed by atoms with van der Waals surface area (Å²) >= 11 is 1.62. The zero-order chi connectivity index (χ0) is 12.8. The van der Waals surface area contributed by atoms with Gasteiger partial charge in [-0.15, -0.1) is 11.3 Å². The largest absolute Gasteiger partial charge is 0.345 e. The average molecular weight is 260 g/mol. The Morgan fingerprint density at radius 1 is 1.33 bits per heavy atom. The van der Waals surface area contributed by atoms with Gasteiger partial charge in [0, 0.05) is 36.8 Å². The van der Waals surface area contributed by atoms with E-state index in [1.165, 1.54) is 0 Å². The summed E-state index contributed by atoms with van der Waals surface area (Å²) in [6.45, 7) is 0.710. The van der Waals surface area contributed by atoms with E-state index in [-0.39, 0.29) is 5.91 Å². The SMILES string of the molecule is CN(CCc1ccccn1)C(=O)Cc1cccs1. The molecule has 1 amide bonds. The zero-order valence-corrected chi connectivity index (χ0v) is 11.2. The maximum Gasteiger partial charge on any atom is 0.227 e. The zero-order valence-electron chi connectivity index (χ0n) is 10.4. The number of amides is 1. The Balaban J connectivity index is 1.81. The second-order valence-corrected chi connectivity index (χ2v) is 5.17. The molecule has 4 heteroatoms. The van der Waals surface area contributed by atoms with Gasteiger partial charge in [0.05, 0.1) is 6.42 Å². The van der Waals surface area contributed by atoms with E-state index in [0.717, 1.165) is 17.0 Å². The molecule has 18 heavy (non-hydrogen) atoms. The van der Waals surface area contributed by atoms with E-state index in [2.05, 4.69) is 4.98 Å². The van der Waals surface area contributed by atoms with E-state index >= 15 is 0 Å². The molecule has 0 N–H and O–H groups in total. The molecular weight excluding hydrogens is 244 g/mol. The van der Waals surface area contributed by atoms with Gasteiger partial charge in [-0.2, -0.15) is 0 Å². The molecule has 0 aliphatic heterocycles. The summed E-state index contributed by atoms with van der Waals surface area (Å²) < 4.78 is 0. The molecule has 0 aromatic carbocycles. The number of likely N-dealkylation sites (N-methyl/N-ethyl adjacent to an activating group) is 1. The highest BCUT2D eigenvalue weighted by molar-refractivity contribution is 7.10. The Hall–Kier alpha value is -1.68. The Bertz CT molecular complexity index is 482. The number of aromatic nitrogens is 1. The van der Waals surface area contributed by atoms with Crippen LogP contribution in [0.5, 0.6) is 0 Å². The second kappa shape index (κ2) is 6.31. The Morgan fingerprint density at radius 2 is 2.22 bits per heavy atom. The molecule has 0 unspecified atom stereocenters. The lowest BCUT2D eigenvalue weighted by Crippen LogP contribution is -2.30. The minimum absolute atomic E-state index is 0.161. The molecule has 2 heterocycles. The van der Waals surface area contributed by atoms with Crippen molar-refractivity contribution in [1.29, 1.82) is 0 Å². The first kappa shape index (κ1) is 12.8. The van der Waals surface area contributed by atoms with Crippen molar-refractivity contribution < 1.29 is 4.79 Å². The number of pyridine rings is 1. The molecule has 0 saturated heterocycles. The summed E-state index contributed by atoms with van der Waals surface area (Å²) in [4.78, 5) is 19.1. The van der Waals surface area contributed by atoms with Gasteiger partial charge in [0.15, 0.2) is 0 Å². The topological polar surface area (TPSA) is 33.2 Å². The molecular formula is C14H16N2OS. The highest BCUT2D eigenvalue weighted by Crippen LogP contribution is 2.10. The fraction of sp³-hybridized carbons (Fsp3) is 0.286. The average Bonchev–Trinajstić information content (AvgIpc) is 2.90. The lowest BCUT2D eigenvalue weighted by molar-refractivity contribution is -0.129. The summed E-state index contributed by atoms with van der Waals surface area (Å²) in [5, 5.41) is 2.00.